The molecule has 9 nitrogen and oxygen atoms in total. The summed E-state index contributed by atoms with van der Waals surface area (Å²) in [5.74, 6) is 0.0779. The maximum absolute atomic E-state index is 13.3. The molecule has 5 rings (SSSR count). The molecule has 1 aliphatic heterocycles. The molecular weight excluding hydrogens is 437 g/mol. The third-order valence-corrected chi connectivity index (χ3v) is 5.48. The molecule has 0 aliphatic carbocycles. The summed E-state index contributed by atoms with van der Waals surface area (Å²) in [6.07, 6.45) is 3.76. The first-order chi connectivity index (χ1) is 15.9. The number of carbonyl (C=O) groups excluding carboxylic acids is 1. The smallest absolute Gasteiger partial charge is 0.362 e. The van der Waals surface area contributed by atoms with Crippen LogP contribution in [0.3, 0.4) is 0 Å². The second kappa shape index (κ2) is 8.19. The van der Waals surface area contributed by atoms with Crippen LogP contribution in [0.2, 0.25) is 0 Å². The van der Waals surface area contributed by atoms with E-state index in [1.165, 1.54) is 34.0 Å². The van der Waals surface area contributed by atoms with Crippen molar-refractivity contribution in [3.8, 4) is 5.69 Å². The van der Waals surface area contributed by atoms with Crippen LogP contribution in [0.25, 0.3) is 11.3 Å². The minimum Gasteiger partial charge on any atom is -0.362 e. The number of imidazole rings is 1. The number of anilines is 1. The topological polar surface area (TPSA) is 93.2 Å². The monoisotopic (exact) mass is 456 g/mol. The van der Waals surface area contributed by atoms with Gasteiger partial charge in [-0.15, -0.1) is 0 Å². The van der Waals surface area contributed by atoms with E-state index in [-0.39, 0.29) is 23.4 Å². The number of hydrogen-bond acceptors (Lipinski definition) is 6. The molecule has 1 amide bonds. The fourth-order valence-electron chi connectivity index (χ4n) is 3.97. The zero-order valence-electron chi connectivity index (χ0n) is 17.3. The highest BCUT2D eigenvalue weighted by Gasteiger charge is 2.34. The van der Waals surface area contributed by atoms with Gasteiger partial charge in [0.15, 0.2) is 17.2 Å². The zero-order valence-corrected chi connectivity index (χ0v) is 17.3. The Balaban J connectivity index is 1.36. The average Bonchev–Trinajstić information content (AvgIpc) is 3.49. The van der Waals surface area contributed by atoms with Gasteiger partial charge in [-0.25, -0.2) is 9.97 Å². The van der Waals surface area contributed by atoms with Gasteiger partial charge in [0.2, 0.25) is 0 Å². The van der Waals surface area contributed by atoms with E-state index >= 15 is 0 Å². The molecule has 1 aliphatic rings. The van der Waals surface area contributed by atoms with Gasteiger partial charge < -0.3 is 14.6 Å². The minimum atomic E-state index is -4.55. The van der Waals surface area contributed by atoms with E-state index in [9.17, 15) is 18.0 Å². The molecule has 0 bridgehead atoms. The molecule has 170 valence electrons. The number of rotatable bonds is 4. The van der Waals surface area contributed by atoms with Gasteiger partial charge in [0.25, 0.3) is 5.91 Å². The SMILES string of the molecule is O=C(c1ccccc1-n1nccn1)N1CCCC(Nc2nccn3cc(C(F)(F)F)nc23)C1. The van der Waals surface area contributed by atoms with E-state index in [2.05, 4.69) is 25.5 Å². The van der Waals surface area contributed by atoms with E-state index in [0.29, 0.717) is 24.3 Å². The Morgan fingerprint density at radius 2 is 1.91 bits per heavy atom. The first kappa shape index (κ1) is 20.9. The molecule has 4 heterocycles. The number of aromatic nitrogens is 6. The molecule has 1 fully saturated rings. The van der Waals surface area contributed by atoms with Crippen molar-refractivity contribution in [1.82, 2.24) is 34.3 Å². The molecule has 1 aromatic carbocycles. The summed E-state index contributed by atoms with van der Waals surface area (Å²) in [7, 11) is 0. The highest BCUT2D eigenvalue weighted by Crippen LogP contribution is 2.30. The van der Waals surface area contributed by atoms with Crippen LogP contribution in [0.5, 0.6) is 0 Å². The van der Waals surface area contributed by atoms with Crippen molar-refractivity contribution in [2.75, 3.05) is 18.4 Å². The lowest BCUT2D eigenvalue weighted by atomic mass is 10.0. The van der Waals surface area contributed by atoms with Crippen LogP contribution in [0.1, 0.15) is 28.9 Å². The van der Waals surface area contributed by atoms with E-state index in [1.807, 2.05) is 6.07 Å². The summed E-state index contributed by atoms with van der Waals surface area (Å²) < 4.78 is 40.5. The van der Waals surface area contributed by atoms with Crippen molar-refractivity contribution in [3.63, 3.8) is 0 Å². The van der Waals surface area contributed by atoms with Crippen molar-refractivity contribution < 1.29 is 18.0 Å². The average molecular weight is 456 g/mol. The van der Waals surface area contributed by atoms with E-state index in [0.717, 1.165) is 19.0 Å². The number of carbonyl (C=O) groups is 1. The summed E-state index contributed by atoms with van der Waals surface area (Å²) in [6, 6.07) is 6.89. The van der Waals surface area contributed by atoms with Crippen LogP contribution in [0, 0.1) is 0 Å². The van der Waals surface area contributed by atoms with E-state index in [4.69, 9.17) is 0 Å². The molecule has 4 aromatic rings. The Hall–Kier alpha value is -3.96. The number of amides is 1. The van der Waals surface area contributed by atoms with Gasteiger partial charge in [0.05, 0.1) is 23.6 Å². The number of benzene rings is 1. The van der Waals surface area contributed by atoms with Gasteiger partial charge in [0.1, 0.15) is 0 Å². The Kier molecular flexibility index (Phi) is 5.19. The van der Waals surface area contributed by atoms with Gasteiger partial charge in [-0.05, 0) is 25.0 Å². The summed E-state index contributed by atoms with van der Waals surface area (Å²) >= 11 is 0. The Labute approximate surface area is 185 Å². The molecule has 0 saturated carbocycles. The second-order valence-corrected chi connectivity index (χ2v) is 7.70. The van der Waals surface area contributed by atoms with Crippen LogP contribution in [-0.2, 0) is 6.18 Å². The number of nitrogens with zero attached hydrogens (tertiary/aromatic N) is 7. The largest absolute Gasteiger partial charge is 0.434 e. The number of fused-ring (bicyclic) bond motifs is 1. The molecule has 0 radical (unpaired) electrons. The second-order valence-electron chi connectivity index (χ2n) is 7.70. The zero-order chi connectivity index (χ0) is 23.0. The highest BCUT2D eigenvalue weighted by atomic mass is 19.4. The predicted molar refractivity (Wildman–Crippen MR) is 112 cm³/mol. The quantitative estimate of drug-likeness (QED) is 0.508. The Morgan fingerprint density at radius 3 is 2.70 bits per heavy atom. The lowest BCUT2D eigenvalue weighted by molar-refractivity contribution is -0.140. The van der Waals surface area contributed by atoms with Gasteiger partial charge in [-0.3, -0.25) is 4.79 Å². The highest BCUT2D eigenvalue weighted by molar-refractivity contribution is 5.97. The van der Waals surface area contributed by atoms with Gasteiger partial charge in [0, 0.05) is 37.7 Å². The third kappa shape index (κ3) is 4.11. The predicted octanol–water partition coefficient (Wildman–Crippen LogP) is 3.05. The molecule has 0 spiro atoms. The van der Waals surface area contributed by atoms with Gasteiger partial charge >= 0.3 is 6.18 Å². The maximum Gasteiger partial charge on any atom is 0.434 e. The number of hydrogen-bond donors (Lipinski definition) is 1. The summed E-state index contributed by atoms with van der Waals surface area (Å²) in [4.78, 5) is 24.3. The molecule has 1 unspecified atom stereocenters. The molecule has 3 aromatic heterocycles. The fourth-order valence-corrected chi connectivity index (χ4v) is 3.97. The number of likely N-dealkylation sites (tertiary alicyclic amines) is 1. The summed E-state index contributed by atoms with van der Waals surface area (Å²) in [5, 5.41) is 11.4. The molecule has 1 saturated heterocycles. The molecule has 12 heteroatoms. The summed E-state index contributed by atoms with van der Waals surface area (Å²) in [5.41, 5.74) is 0.148. The van der Waals surface area contributed by atoms with Crippen LogP contribution in [0.15, 0.2) is 55.2 Å². The van der Waals surface area contributed by atoms with Gasteiger partial charge in [-0.2, -0.15) is 28.2 Å². The Bertz CT molecular complexity index is 1280. The normalized spacial score (nSPS) is 16.8. The lowest BCUT2D eigenvalue weighted by Gasteiger charge is -2.33. The van der Waals surface area contributed by atoms with Crippen molar-refractivity contribution in [1.29, 1.82) is 0 Å². The van der Waals surface area contributed by atoms with Crippen molar-refractivity contribution in [2.45, 2.75) is 25.1 Å². The van der Waals surface area contributed by atoms with Crippen molar-refractivity contribution >= 4 is 17.4 Å². The van der Waals surface area contributed by atoms with Crippen molar-refractivity contribution in [2.24, 2.45) is 0 Å². The number of alkyl halides is 3. The standard InChI is InChI=1S/C21H19F3N8O/c22-21(23,24)17-13-30-11-9-25-18(19(30)29-17)28-14-4-3-10-31(12-14)20(33)15-5-1-2-6-16(15)32-26-7-8-27-32/h1-2,5-9,11,13-14H,3-4,10,12H2,(H,25,28). The lowest BCUT2D eigenvalue weighted by Crippen LogP contribution is -2.45. The number of para-hydroxylation sites is 1. The van der Waals surface area contributed by atoms with Crippen molar-refractivity contribution in [3.05, 3.63) is 66.5 Å². The maximum atomic E-state index is 13.3. The first-order valence-corrected chi connectivity index (χ1v) is 10.3. The van der Waals surface area contributed by atoms with E-state index in [1.54, 1.807) is 23.1 Å². The molecule has 1 N–H and O–H groups in total. The molecule has 33 heavy (non-hydrogen) atoms. The number of piperidine rings is 1. The minimum absolute atomic E-state index is 0.0865. The van der Waals surface area contributed by atoms with Crippen LogP contribution < -0.4 is 5.32 Å². The van der Waals surface area contributed by atoms with E-state index < -0.39 is 11.9 Å². The van der Waals surface area contributed by atoms with Crippen LogP contribution in [-0.4, -0.2) is 59.3 Å². The molecular formula is C21H19F3N8O. The van der Waals surface area contributed by atoms with Gasteiger partial charge in [-0.1, -0.05) is 12.1 Å². The van der Waals surface area contributed by atoms with Crippen LogP contribution in [0.4, 0.5) is 19.0 Å². The first-order valence-electron chi connectivity index (χ1n) is 10.3. The third-order valence-electron chi connectivity index (χ3n) is 5.48. The number of nitrogens with one attached hydrogen (secondary N) is 1. The summed E-state index contributed by atoms with van der Waals surface area (Å²) in [6.45, 7) is 0.937. The number of halogens is 3. The molecule has 1 atom stereocenters. The van der Waals surface area contributed by atoms with Crippen LogP contribution >= 0.6 is 0 Å². The Morgan fingerprint density at radius 1 is 1.12 bits per heavy atom. The fraction of sp³-hybridized carbons (Fsp3) is 0.286.